The molecule has 24 atom stereocenters. The molecule has 0 bridgehead atoms. The number of anilines is 2. The van der Waals surface area contributed by atoms with Gasteiger partial charge in [-0.1, -0.05) is 6.92 Å². The number of rotatable bonds is 35. The van der Waals surface area contributed by atoms with E-state index in [1.165, 1.54) is 71.3 Å². The number of nitrogens with zero attached hydrogens (tertiary/aromatic N) is 10. The smallest absolute Gasteiger partial charge is 0.351 e. The second kappa shape index (κ2) is 38.4. The zero-order chi connectivity index (χ0) is 89.1. The molecule has 0 amide bonds. The molecule has 13 rings (SSSR count). The second-order valence-electron chi connectivity index (χ2n) is 28.9. The highest BCUT2D eigenvalue weighted by Gasteiger charge is 2.50. The predicted molar refractivity (Wildman–Crippen MR) is 448 cm³/mol. The minimum Gasteiger partial charge on any atom is -0.383 e. The third-order valence-corrected chi connectivity index (χ3v) is 30.0. The second-order valence-corrected chi connectivity index (χ2v) is 45.8. The number of hydrogen-bond acceptors (Lipinski definition) is 39. The van der Waals surface area contributed by atoms with Gasteiger partial charge in [-0.15, -0.1) is 0 Å². The van der Waals surface area contributed by atoms with E-state index in [9.17, 15) is 72.5 Å². The van der Waals surface area contributed by atoms with Crippen molar-refractivity contribution in [1.82, 2.24) is 67.3 Å². The molecule has 123 heavy (non-hydrogen) atoms. The molecule has 0 saturated carbocycles. The number of aromatic amines is 4. The van der Waals surface area contributed by atoms with Crippen molar-refractivity contribution in [2.45, 2.75) is 197 Å². The van der Waals surface area contributed by atoms with Crippen LogP contribution >= 0.6 is 40.3 Å². The molecule has 6 saturated heterocycles. The van der Waals surface area contributed by atoms with Crippen LogP contribution in [0.15, 0.2) is 86.8 Å². The SMILES string of the molecule is CC[C@H]1O[C@@H](n2cnc3c(N)ncnc32)CC1OP(O)(=S)OC[C@H]1O[C@@H](n2cc(C)c(=O)[nH]c2=O)CC1OP(O)(=S)OC[C@H]1O[C@@H](n2cc(C)c(=O)[nH]c2=O)CC1OP(O)(=S)OC[C@H]1O[C@@H](n2cc(C)c(=O)[nH]c2=O)CC1OP(O)(=S)OC[C@H]1O[C@@H](n2cc(C)c(N)nc2=O)CC1OP(O)(=S)OC[C@H]1O[C@@H](n2cc(C)c(=O)[nH]c2=O)CC1OP(O)(=S)OC. The van der Waals surface area contributed by atoms with Crippen molar-refractivity contribution in [2.75, 3.05) is 51.6 Å². The van der Waals surface area contributed by atoms with Crippen LogP contribution in [0, 0.1) is 34.6 Å². The van der Waals surface area contributed by atoms with Crippen LogP contribution in [-0.4, -0.2) is 210 Å². The van der Waals surface area contributed by atoms with Gasteiger partial charge in [-0.05, 0) is 112 Å². The van der Waals surface area contributed by atoms with Crippen LogP contribution in [0.3, 0.4) is 0 Å². The molecule has 61 heteroatoms. The van der Waals surface area contributed by atoms with Gasteiger partial charge in [0.05, 0.1) is 82.1 Å². The highest BCUT2D eigenvalue weighted by Crippen LogP contribution is 2.57. The summed E-state index contributed by atoms with van der Waals surface area (Å²) in [5.74, 6) is 0.0343. The highest BCUT2D eigenvalue weighted by molar-refractivity contribution is 8.08. The summed E-state index contributed by atoms with van der Waals surface area (Å²) in [5, 5.41) is 0. The summed E-state index contributed by atoms with van der Waals surface area (Å²) < 4.78 is 115. The van der Waals surface area contributed by atoms with E-state index in [0.717, 1.165) is 29.9 Å². The monoisotopic (exact) mass is 1960 g/mol. The number of aryl methyl sites for hydroxylation is 5. The fourth-order valence-electron chi connectivity index (χ4n) is 14.1. The summed E-state index contributed by atoms with van der Waals surface area (Å²) in [6.07, 6.45) is -14.9. The van der Waals surface area contributed by atoms with E-state index in [-0.39, 0.29) is 66.0 Å². The fourth-order valence-corrected chi connectivity index (χ4v) is 22.5. The number of aromatic nitrogens is 14. The Balaban J connectivity index is 0.701. The number of ether oxygens (including phenoxy) is 6. The summed E-state index contributed by atoms with van der Waals surface area (Å²) in [6, 6.07) is 0. The largest absolute Gasteiger partial charge is 0.383 e. The van der Waals surface area contributed by atoms with Crippen molar-refractivity contribution in [3.63, 3.8) is 0 Å². The molecule has 0 aromatic carbocycles. The standard InChI is InChI=1S/C62H84N16O33P6S6/c1-8-32-33(9-49(100-32)78-26-67-50-52(64)65-25-66-53(50)78)107-113(89,119)95-21-41-36(12-46(103-41)75-17-29(4)55(80)70-60(75)85)109-116(92,122)98-23-43-38(14-48(105-43)77-19-31(6)57(82)72-62(77)87)111-117(93,123)99-24-42-37(13-47(104-42)76-18-30(5)56(81)71-61(76)86)110-115(91,121)97-22-40-35(11-44(102-40)73-15-27(2)51(63)68-58(73)83)108-114(90,120)96-20-39-34(106-112(88,118)94-7)10-45(101-39)74-16-28(3)54(79)69-59(74)84/h15-19,25-26,32-49H,8-14,20-24H2,1-7H3,(H,88,118)(H,89,119)(H,90,120)(H,91,121)(H,92,122)(H,93,123)(H2,63,68,83)(H2,64,65,66)(H,69,79,84)(H,70,80,85)(H,71,81,86)(H,72,82,87)/t32-,33?,34?,35?,36?,37?,38?,39-,40-,41-,42-,43-,44-,45-,46-,47-,48-,49-,112?,113?,114?,115?,116?,117?/m1/s1. The number of H-pyrrole nitrogens is 4. The molecule has 0 spiro atoms. The molecule has 0 radical (unpaired) electrons. The van der Waals surface area contributed by atoms with Crippen LogP contribution in [0.1, 0.15) is 117 Å². The van der Waals surface area contributed by atoms with Crippen molar-refractivity contribution < 1.29 is 112 Å². The number of imidazole rings is 1. The topological polar surface area (TPSA) is 637 Å². The minimum atomic E-state index is -4.73. The molecule has 49 nitrogen and oxygen atoms in total. The van der Waals surface area contributed by atoms with Gasteiger partial charge in [0, 0.05) is 104 Å². The maximum atomic E-state index is 13.5. The zero-order valence-corrected chi connectivity index (χ0v) is 75.7. The van der Waals surface area contributed by atoms with Gasteiger partial charge in [0.15, 0.2) is 11.5 Å². The molecule has 676 valence electrons. The van der Waals surface area contributed by atoms with Gasteiger partial charge < -0.3 is 124 Å². The predicted octanol–water partition coefficient (Wildman–Crippen LogP) is 0.467. The maximum Gasteiger partial charge on any atom is 0.351 e. The lowest BCUT2D eigenvalue weighted by molar-refractivity contribution is -0.0577. The van der Waals surface area contributed by atoms with Crippen molar-refractivity contribution in [1.29, 1.82) is 0 Å². The van der Waals surface area contributed by atoms with Gasteiger partial charge in [-0.3, -0.25) is 66.5 Å². The van der Waals surface area contributed by atoms with Gasteiger partial charge in [0.1, 0.15) is 85.5 Å². The first kappa shape index (κ1) is 95.3. The van der Waals surface area contributed by atoms with E-state index in [1.807, 2.05) is 6.92 Å². The average Bonchev–Trinajstić information content (AvgIpc) is 1.65. The Kier molecular flexibility index (Phi) is 29.7. The van der Waals surface area contributed by atoms with Crippen LogP contribution in [0.4, 0.5) is 11.6 Å². The molecule has 6 aliphatic heterocycles. The molecular weight excluding hydrogens is 1880 g/mol. The summed E-state index contributed by atoms with van der Waals surface area (Å²) in [6.45, 7) is -21.5. The Hall–Kier alpha value is -5.31. The third-order valence-electron chi connectivity index (χ3n) is 20.3. The Morgan fingerprint density at radius 3 is 0.959 bits per heavy atom. The average molecular weight is 1960 g/mol. The Bertz CT molecular complexity index is 6060. The fraction of sp³-hybridized carbons (Fsp3) is 0.597. The summed E-state index contributed by atoms with van der Waals surface area (Å²) in [5.41, 5.74) is 5.96. The molecule has 7 aromatic rings. The van der Waals surface area contributed by atoms with E-state index < -0.39 is 241 Å². The van der Waals surface area contributed by atoms with Gasteiger partial charge in [0.25, 0.3) is 22.2 Å². The number of hydrogen-bond donors (Lipinski definition) is 12. The van der Waals surface area contributed by atoms with Gasteiger partial charge in [-0.25, -0.2) is 38.9 Å². The summed E-state index contributed by atoms with van der Waals surface area (Å²) >= 11 is 32.9. The van der Waals surface area contributed by atoms with Crippen molar-refractivity contribution in [3.05, 3.63) is 165 Å². The zero-order valence-electron chi connectivity index (χ0n) is 65.4. The van der Waals surface area contributed by atoms with Gasteiger partial charge >= 0.3 is 68.8 Å². The molecule has 6 fully saturated rings. The summed E-state index contributed by atoms with van der Waals surface area (Å²) in [7, 11) is 1.10. The van der Waals surface area contributed by atoms with Crippen LogP contribution in [-0.2, 0) is 154 Å². The first-order valence-corrected chi connectivity index (χ1v) is 52.6. The first-order valence-electron chi connectivity index (χ1n) is 37.1. The Morgan fingerprint density at radius 2 is 0.659 bits per heavy atom. The minimum absolute atomic E-state index is 0.0463. The molecular formula is C62H84N16O33P6S6. The van der Waals surface area contributed by atoms with Crippen molar-refractivity contribution in [3.8, 4) is 0 Å². The molecule has 6 aliphatic rings. The van der Waals surface area contributed by atoms with Crippen LogP contribution < -0.4 is 62.2 Å². The number of nitrogens with one attached hydrogen (secondary N) is 4. The summed E-state index contributed by atoms with van der Waals surface area (Å²) in [4.78, 5) is 212. The molecule has 0 aliphatic carbocycles. The molecule has 14 N–H and O–H groups in total. The van der Waals surface area contributed by atoms with Crippen LogP contribution in [0.5, 0.6) is 0 Å². The number of nitrogens with two attached hydrogens (primary N) is 2. The lowest BCUT2D eigenvalue weighted by Crippen LogP contribution is -2.33. The Labute approximate surface area is 722 Å². The normalized spacial score (nSPS) is 29.7. The Morgan fingerprint density at radius 1 is 0.390 bits per heavy atom. The lowest BCUT2D eigenvalue weighted by atomic mass is 10.1. The van der Waals surface area contributed by atoms with Crippen LogP contribution in [0.2, 0.25) is 0 Å². The van der Waals surface area contributed by atoms with E-state index >= 15 is 0 Å². The first-order chi connectivity index (χ1) is 57.7. The van der Waals surface area contributed by atoms with E-state index in [4.69, 9.17) is 165 Å². The molecule has 13 heterocycles. The van der Waals surface area contributed by atoms with Gasteiger partial charge in [0.2, 0.25) is 0 Å². The van der Waals surface area contributed by atoms with Crippen LogP contribution in [0.25, 0.3) is 11.2 Å². The van der Waals surface area contributed by atoms with E-state index in [2.05, 4.69) is 39.9 Å². The number of fused-ring (bicyclic) bond motifs is 1. The third kappa shape index (κ3) is 22.9. The van der Waals surface area contributed by atoms with E-state index in [0.29, 0.717) is 23.1 Å². The van der Waals surface area contributed by atoms with Gasteiger partial charge in [-0.2, -0.15) is 4.98 Å². The van der Waals surface area contributed by atoms with E-state index in [1.54, 1.807) is 11.5 Å². The number of nitrogen functional groups attached to an aromatic ring is 2. The van der Waals surface area contributed by atoms with Crippen molar-refractivity contribution >= 4 is 134 Å². The van der Waals surface area contributed by atoms with Crippen molar-refractivity contribution in [2.24, 2.45) is 0 Å². The maximum absolute atomic E-state index is 13.5. The quantitative estimate of drug-likeness (QED) is 0.0240. The molecule has 12 unspecified atom stereocenters. The highest BCUT2D eigenvalue weighted by atomic mass is 32.5. The molecule has 7 aromatic heterocycles. The lowest BCUT2D eigenvalue weighted by Gasteiger charge is -2.28.